The van der Waals surface area contributed by atoms with Crippen LogP contribution < -0.4 is 10.2 Å². The van der Waals surface area contributed by atoms with E-state index in [9.17, 15) is 13.2 Å². The predicted octanol–water partition coefficient (Wildman–Crippen LogP) is 2.18. The van der Waals surface area contributed by atoms with Crippen LogP contribution in [0.25, 0.3) is 0 Å². The number of quaternary nitrogens is 1. The molecule has 0 saturated carbocycles. The molecule has 1 amide bonds. The van der Waals surface area contributed by atoms with Crippen LogP contribution in [0, 0.1) is 0 Å². The molecule has 0 radical (unpaired) electrons. The lowest BCUT2D eigenvalue weighted by molar-refractivity contribution is -0.682. The third kappa shape index (κ3) is 4.89. The molecule has 0 aromatic heterocycles. The van der Waals surface area contributed by atoms with Gasteiger partial charge in [0.2, 0.25) is 0 Å². The van der Waals surface area contributed by atoms with Crippen molar-refractivity contribution in [1.82, 2.24) is 0 Å². The Labute approximate surface area is 165 Å². The van der Waals surface area contributed by atoms with Crippen molar-refractivity contribution in [2.75, 3.05) is 23.0 Å². The van der Waals surface area contributed by atoms with Crippen LogP contribution in [0.1, 0.15) is 24.9 Å². The summed E-state index contributed by atoms with van der Waals surface area (Å²) in [5.74, 6) is 0.0593. The Morgan fingerprint density at radius 1 is 1.19 bits per heavy atom. The van der Waals surface area contributed by atoms with Crippen molar-refractivity contribution in [2.45, 2.75) is 25.4 Å². The first kappa shape index (κ1) is 19.9. The minimum Gasteiger partial charge on any atom is -0.332 e. The second-order valence-corrected chi connectivity index (χ2v) is 9.54. The third-order valence-corrected chi connectivity index (χ3v) is 7.01. The van der Waals surface area contributed by atoms with Crippen molar-refractivity contribution in [3.8, 4) is 0 Å². The SMILES string of the molecule is C[C@H]([NH2+]CC(=O)N(c1ccccc1)[C@H]1CCS(=O)(=O)C1)c1ccccc1Cl. The lowest BCUT2D eigenvalue weighted by atomic mass is 10.1. The van der Waals surface area contributed by atoms with Gasteiger partial charge in [0.05, 0.1) is 17.5 Å². The van der Waals surface area contributed by atoms with Gasteiger partial charge in [0.15, 0.2) is 16.4 Å². The van der Waals surface area contributed by atoms with Crippen LogP contribution in [0.15, 0.2) is 54.6 Å². The second kappa shape index (κ2) is 8.42. The zero-order valence-electron chi connectivity index (χ0n) is 15.2. The molecular formula is C20H24ClN2O3S+. The van der Waals surface area contributed by atoms with Gasteiger partial charge in [0, 0.05) is 16.3 Å². The Morgan fingerprint density at radius 2 is 1.85 bits per heavy atom. The molecule has 1 aliphatic heterocycles. The maximum atomic E-state index is 13.0. The number of sulfone groups is 1. The summed E-state index contributed by atoms with van der Waals surface area (Å²) >= 11 is 6.25. The predicted molar refractivity (Wildman–Crippen MR) is 108 cm³/mol. The fourth-order valence-electron chi connectivity index (χ4n) is 3.47. The highest BCUT2D eigenvalue weighted by molar-refractivity contribution is 7.91. The minimum absolute atomic E-state index is 0.0209. The van der Waals surface area contributed by atoms with Crippen LogP contribution >= 0.6 is 11.6 Å². The first-order valence-electron chi connectivity index (χ1n) is 9.02. The molecule has 1 saturated heterocycles. The molecule has 1 heterocycles. The number of anilines is 1. The van der Waals surface area contributed by atoms with E-state index in [1.165, 1.54) is 0 Å². The fraction of sp³-hybridized carbons (Fsp3) is 0.350. The summed E-state index contributed by atoms with van der Waals surface area (Å²) in [6.07, 6.45) is 0.475. The molecule has 1 fully saturated rings. The van der Waals surface area contributed by atoms with Gasteiger partial charge in [0.1, 0.15) is 6.04 Å². The number of hydrogen-bond donors (Lipinski definition) is 1. The molecule has 2 N–H and O–H groups in total. The molecule has 144 valence electrons. The molecule has 2 aromatic rings. The van der Waals surface area contributed by atoms with Crippen LogP contribution in [0.5, 0.6) is 0 Å². The smallest absolute Gasteiger partial charge is 0.282 e. The molecule has 0 bridgehead atoms. The number of carbonyl (C=O) groups is 1. The van der Waals surface area contributed by atoms with Crippen molar-refractivity contribution in [3.05, 3.63) is 65.2 Å². The number of para-hydroxylation sites is 1. The van der Waals surface area contributed by atoms with Gasteiger partial charge in [-0.2, -0.15) is 0 Å². The Kier molecular flexibility index (Phi) is 6.19. The number of rotatable bonds is 6. The van der Waals surface area contributed by atoms with Crippen molar-refractivity contribution in [3.63, 3.8) is 0 Å². The summed E-state index contributed by atoms with van der Waals surface area (Å²) in [4.78, 5) is 14.7. The molecule has 0 spiro atoms. The molecule has 0 aliphatic carbocycles. The van der Waals surface area contributed by atoms with Gasteiger partial charge in [-0.1, -0.05) is 48.0 Å². The van der Waals surface area contributed by atoms with Crippen molar-refractivity contribution in [1.29, 1.82) is 0 Å². The molecule has 3 rings (SSSR count). The molecule has 27 heavy (non-hydrogen) atoms. The fourth-order valence-corrected chi connectivity index (χ4v) is 5.48. The van der Waals surface area contributed by atoms with E-state index in [4.69, 9.17) is 11.6 Å². The van der Waals surface area contributed by atoms with Gasteiger partial charge in [-0.15, -0.1) is 0 Å². The molecular weight excluding hydrogens is 384 g/mol. The molecule has 2 atom stereocenters. The quantitative estimate of drug-likeness (QED) is 0.797. The highest BCUT2D eigenvalue weighted by atomic mass is 35.5. The lowest BCUT2D eigenvalue weighted by Crippen LogP contribution is -2.87. The first-order valence-corrected chi connectivity index (χ1v) is 11.2. The third-order valence-electron chi connectivity index (χ3n) is 4.92. The normalized spacial score (nSPS) is 19.6. The minimum atomic E-state index is -3.08. The molecule has 0 unspecified atom stereocenters. The molecule has 2 aromatic carbocycles. The van der Waals surface area contributed by atoms with Crippen LogP contribution in [0.4, 0.5) is 5.69 Å². The average Bonchev–Trinajstić information content (AvgIpc) is 3.00. The summed E-state index contributed by atoms with van der Waals surface area (Å²) in [6.45, 7) is 2.22. The maximum absolute atomic E-state index is 13.0. The van der Waals surface area contributed by atoms with Crippen molar-refractivity contribution in [2.24, 2.45) is 0 Å². The standard InChI is InChI=1S/C20H23ClN2O3S/c1-15(18-9-5-6-10-19(18)21)22-13-20(24)23(16-7-3-2-4-8-16)17-11-12-27(25,26)14-17/h2-10,15,17,22H,11-14H2,1H3/p+1/t15-,17-/m0/s1. The Balaban J connectivity index is 1.75. The van der Waals surface area contributed by atoms with Gasteiger partial charge >= 0.3 is 0 Å². The van der Waals surface area contributed by atoms with Gasteiger partial charge in [-0.05, 0) is 31.5 Å². The number of hydrogen-bond acceptors (Lipinski definition) is 3. The summed E-state index contributed by atoms with van der Waals surface area (Å²) in [7, 11) is -3.08. The molecule has 1 aliphatic rings. The summed E-state index contributed by atoms with van der Waals surface area (Å²) < 4.78 is 23.9. The van der Waals surface area contributed by atoms with Crippen molar-refractivity contribution >= 4 is 33.0 Å². The Bertz CT molecular complexity index is 902. The number of amides is 1. The number of benzene rings is 2. The van der Waals surface area contributed by atoms with Crippen LogP contribution in [-0.4, -0.2) is 38.4 Å². The number of nitrogens with zero attached hydrogens (tertiary/aromatic N) is 1. The zero-order chi connectivity index (χ0) is 19.4. The number of carbonyl (C=O) groups excluding carboxylic acids is 1. The Hall–Kier alpha value is -1.89. The van der Waals surface area contributed by atoms with E-state index in [1.807, 2.05) is 66.8 Å². The zero-order valence-corrected chi connectivity index (χ0v) is 16.8. The topological polar surface area (TPSA) is 71.1 Å². The van der Waals surface area contributed by atoms with E-state index in [0.29, 0.717) is 11.4 Å². The first-order chi connectivity index (χ1) is 12.9. The van der Waals surface area contributed by atoms with E-state index in [0.717, 1.165) is 11.3 Å². The summed E-state index contributed by atoms with van der Waals surface area (Å²) in [5.41, 5.74) is 1.71. The van der Waals surface area contributed by atoms with E-state index < -0.39 is 9.84 Å². The van der Waals surface area contributed by atoms with Gasteiger partial charge in [-0.25, -0.2) is 8.42 Å². The van der Waals surface area contributed by atoms with Crippen LogP contribution in [0.2, 0.25) is 5.02 Å². The van der Waals surface area contributed by atoms with E-state index in [2.05, 4.69) is 0 Å². The summed E-state index contributed by atoms with van der Waals surface area (Å²) in [6, 6.07) is 16.6. The van der Waals surface area contributed by atoms with E-state index in [1.54, 1.807) is 4.90 Å². The summed E-state index contributed by atoms with van der Waals surface area (Å²) in [5, 5.41) is 2.61. The highest BCUT2D eigenvalue weighted by Gasteiger charge is 2.36. The molecule has 5 nitrogen and oxygen atoms in total. The Morgan fingerprint density at radius 3 is 2.48 bits per heavy atom. The molecule has 7 heteroatoms. The van der Waals surface area contributed by atoms with Gasteiger partial charge in [0.25, 0.3) is 5.91 Å². The lowest BCUT2D eigenvalue weighted by Gasteiger charge is -2.28. The van der Waals surface area contributed by atoms with Gasteiger partial charge in [-0.3, -0.25) is 4.79 Å². The number of halogens is 1. The van der Waals surface area contributed by atoms with Gasteiger partial charge < -0.3 is 10.2 Å². The van der Waals surface area contributed by atoms with Crippen molar-refractivity contribution < 1.29 is 18.5 Å². The van der Waals surface area contributed by atoms with Crippen LogP contribution in [-0.2, 0) is 14.6 Å². The average molecular weight is 408 g/mol. The van der Waals surface area contributed by atoms with E-state index in [-0.39, 0.29) is 36.0 Å². The van der Waals surface area contributed by atoms with Crippen LogP contribution in [0.3, 0.4) is 0 Å². The second-order valence-electron chi connectivity index (χ2n) is 6.91. The largest absolute Gasteiger partial charge is 0.332 e. The number of nitrogens with two attached hydrogens (primary N) is 1. The highest BCUT2D eigenvalue weighted by Crippen LogP contribution is 2.24. The monoisotopic (exact) mass is 407 g/mol. The maximum Gasteiger partial charge on any atom is 0.282 e. The van der Waals surface area contributed by atoms with E-state index >= 15 is 0 Å².